The van der Waals surface area contributed by atoms with E-state index in [9.17, 15) is 31.9 Å². The molecule has 0 saturated heterocycles. The van der Waals surface area contributed by atoms with Gasteiger partial charge >= 0.3 is 6.03 Å². The molecule has 0 saturated carbocycles. The first-order valence-corrected chi connectivity index (χ1v) is 15.1. The number of para-hydroxylation sites is 1. The van der Waals surface area contributed by atoms with Gasteiger partial charge in [0, 0.05) is 25.6 Å². The van der Waals surface area contributed by atoms with Crippen LogP contribution in [0.15, 0.2) is 65.6 Å². The van der Waals surface area contributed by atoms with E-state index in [2.05, 4.69) is 10.6 Å². The summed E-state index contributed by atoms with van der Waals surface area (Å²) in [6.45, 7) is 3.12. The van der Waals surface area contributed by atoms with E-state index in [0.29, 0.717) is 5.75 Å². The highest BCUT2D eigenvalue weighted by Gasteiger charge is 2.36. The Labute approximate surface area is 254 Å². The number of ether oxygens (including phenoxy) is 2. The molecule has 1 aliphatic rings. The van der Waals surface area contributed by atoms with E-state index in [-0.39, 0.29) is 41.6 Å². The number of fused-ring (bicyclic) bond motifs is 1. The molecule has 236 valence electrons. The maximum atomic E-state index is 14.2. The third kappa shape index (κ3) is 7.09. The normalized spacial score (nSPS) is 17.6. The first-order chi connectivity index (χ1) is 20.8. The zero-order valence-electron chi connectivity index (χ0n) is 24.6. The minimum Gasteiger partial charge on any atom is -0.497 e. The number of nitrogens with one attached hydrogen (secondary N) is 2. The number of hydrogen-bond donors (Lipinski definition) is 3. The second kappa shape index (κ2) is 13.6. The quantitative estimate of drug-likeness (QED) is 0.322. The highest BCUT2D eigenvalue weighted by atomic mass is 32.2. The second-order valence-corrected chi connectivity index (χ2v) is 12.5. The standard InChI is InChI=1S/C30H34F2N4O7S/c1-18-15-36(19(2)17-37)29(38)23-6-5-7-25(33-30(39)34-26-14-20(31)8-13-24(26)32)28(23)43-27(18)16-35(3)44(40,41)22-11-9-21(42-4)10-12-22/h5-14,18-19,27,37H,15-17H2,1-4H3,(H2,33,34,39)/t18-,19+,27+/m1/s1. The summed E-state index contributed by atoms with van der Waals surface area (Å²) in [6.07, 6.45) is -0.833. The smallest absolute Gasteiger partial charge is 0.323 e. The Morgan fingerprint density at radius 3 is 2.48 bits per heavy atom. The summed E-state index contributed by atoms with van der Waals surface area (Å²) in [7, 11) is -1.10. The van der Waals surface area contributed by atoms with Gasteiger partial charge in [-0.25, -0.2) is 22.0 Å². The highest BCUT2D eigenvalue weighted by Crippen LogP contribution is 2.35. The fourth-order valence-corrected chi connectivity index (χ4v) is 5.89. The van der Waals surface area contributed by atoms with Gasteiger partial charge in [-0.2, -0.15) is 4.31 Å². The number of carbonyl (C=O) groups is 2. The maximum Gasteiger partial charge on any atom is 0.323 e. The molecule has 14 heteroatoms. The number of aliphatic hydroxyl groups excluding tert-OH is 1. The van der Waals surface area contributed by atoms with Gasteiger partial charge in [0.15, 0.2) is 5.75 Å². The molecule has 0 aromatic heterocycles. The lowest BCUT2D eigenvalue weighted by Crippen LogP contribution is -2.50. The third-order valence-corrected chi connectivity index (χ3v) is 9.16. The molecule has 0 radical (unpaired) electrons. The number of aliphatic hydroxyl groups is 1. The molecule has 1 heterocycles. The van der Waals surface area contributed by atoms with Gasteiger partial charge in [0.05, 0.1) is 48.1 Å². The molecule has 4 rings (SSSR count). The molecule has 3 N–H and O–H groups in total. The van der Waals surface area contributed by atoms with Crippen molar-refractivity contribution in [1.29, 1.82) is 0 Å². The number of urea groups is 1. The monoisotopic (exact) mass is 632 g/mol. The number of halogens is 2. The van der Waals surface area contributed by atoms with Gasteiger partial charge in [-0.3, -0.25) is 4.79 Å². The summed E-state index contributed by atoms with van der Waals surface area (Å²) >= 11 is 0. The van der Waals surface area contributed by atoms with Crippen LogP contribution in [0.5, 0.6) is 11.5 Å². The van der Waals surface area contributed by atoms with Crippen LogP contribution in [0.1, 0.15) is 24.2 Å². The van der Waals surface area contributed by atoms with Crippen molar-refractivity contribution in [2.75, 3.05) is 44.5 Å². The molecule has 0 aliphatic carbocycles. The van der Waals surface area contributed by atoms with E-state index in [1.54, 1.807) is 13.8 Å². The maximum absolute atomic E-state index is 14.2. The number of methoxy groups -OCH3 is 1. The minimum absolute atomic E-state index is 0.0292. The molecule has 0 unspecified atom stereocenters. The van der Waals surface area contributed by atoms with Crippen molar-refractivity contribution < 1.29 is 41.4 Å². The van der Waals surface area contributed by atoms with Crippen LogP contribution in [0.3, 0.4) is 0 Å². The average Bonchev–Trinajstić information content (AvgIpc) is 3.00. The number of hydrogen-bond acceptors (Lipinski definition) is 7. The predicted octanol–water partition coefficient (Wildman–Crippen LogP) is 4.16. The van der Waals surface area contributed by atoms with E-state index in [0.717, 1.165) is 22.5 Å². The summed E-state index contributed by atoms with van der Waals surface area (Å²) in [4.78, 5) is 28.0. The van der Waals surface area contributed by atoms with Gasteiger partial charge in [-0.05, 0) is 55.5 Å². The van der Waals surface area contributed by atoms with Gasteiger partial charge in [-0.15, -0.1) is 0 Å². The lowest BCUT2D eigenvalue weighted by Gasteiger charge is -2.38. The molecular weight excluding hydrogens is 598 g/mol. The van der Waals surface area contributed by atoms with Gasteiger partial charge in [0.25, 0.3) is 5.91 Å². The van der Waals surface area contributed by atoms with E-state index in [4.69, 9.17) is 9.47 Å². The first kappa shape index (κ1) is 32.6. The summed E-state index contributed by atoms with van der Waals surface area (Å²) in [6, 6.07) is 11.4. The van der Waals surface area contributed by atoms with Crippen LogP contribution < -0.4 is 20.1 Å². The molecule has 3 atom stereocenters. The number of rotatable bonds is 9. The number of nitrogens with zero attached hydrogens (tertiary/aromatic N) is 2. The molecule has 3 aromatic carbocycles. The van der Waals surface area contributed by atoms with Gasteiger partial charge in [-0.1, -0.05) is 13.0 Å². The minimum atomic E-state index is -3.97. The molecule has 3 amide bonds. The number of carbonyl (C=O) groups excluding carboxylic acids is 2. The Kier molecular flexibility index (Phi) is 10.1. The Bertz CT molecular complexity index is 1620. The molecular formula is C30H34F2N4O7S. The van der Waals surface area contributed by atoms with Crippen molar-refractivity contribution in [2.45, 2.75) is 30.9 Å². The third-order valence-electron chi connectivity index (χ3n) is 7.32. The highest BCUT2D eigenvalue weighted by molar-refractivity contribution is 7.89. The van der Waals surface area contributed by atoms with Crippen LogP contribution in [0.25, 0.3) is 0 Å². The van der Waals surface area contributed by atoms with Gasteiger partial charge in [0.1, 0.15) is 23.5 Å². The predicted molar refractivity (Wildman–Crippen MR) is 159 cm³/mol. The number of benzene rings is 3. The average molecular weight is 633 g/mol. The van der Waals surface area contributed by atoms with Crippen molar-refractivity contribution in [2.24, 2.45) is 5.92 Å². The van der Waals surface area contributed by atoms with E-state index in [1.165, 1.54) is 61.5 Å². The lowest BCUT2D eigenvalue weighted by atomic mass is 9.99. The van der Waals surface area contributed by atoms with Crippen molar-refractivity contribution >= 4 is 33.3 Å². The van der Waals surface area contributed by atoms with Crippen molar-refractivity contribution in [3.05, 3.63) is 77.9 Å². The second-order valence-electron chi connectivity index (χ2n) is 10.5. The van der Waals surface area contributed by atoms with E-state index in [1.807, 2.05) is 0 Å². The van der Waals surface area contributed by atoms with Gasteiger partial charge < -0.3 is 30.1 Å². The van der Waals surface area contributed by atoms with Crippen LogP contribution >= 0.6 is 0 Å². The Hall–Kier alpha value is -4.27. The lowest BCUT2D eigenvalue weighted by molar-refractivity contribution is 0.0389. The molecule has 0 spiro atoms. The van der Waals surface area contributed by atoms with Gasteiger partial charge in [0.2, 0.25) is 10.0 Å². The van der Waals surface area contributed by atoms with E-state index < -0.39 is 57.3 Å². The van der Waals surface area contributed by atoms with Crippen molar-refractivity contribution in [3.63, 3.8) is 0 Å². The number of likely N-dealkylation sites (N-methyl/N-ethyl adjacent to an activating group) is 1. The number of anilines is 2. The molecule has 0 fully saturated rings. The molecule has 44 heavy (non-hydrogen) atoms. The summed E-state index contributed by atoms with van der Waals surface area (Å²) in [5.41, 5.74) is -0.322. The molecule has 3 aromatic rings. The molecule has 11 nitrogen and oxygen atoms in total. The zero-order chi connectivity index (χ0) is 32.2. The van der Waals surface area contributed by atoms with Crippen LogP contribution in [0.2, 0.25) is 0 Å². The largest absolute Gasteiger partial charge is 0.497 e. The number of amides is 3. The number of sulfonamides is 1. The summed E-state index contributed by atoms with van der Waals surface area (Å²) < 4.78 is 67.2. The fourth-order valence-electron chi connectivity index (χ4n) is 4.71. The van der Waals surface area contributed by atoms with E-state index >= 15 is 0 Å². The van der Waals surface area contributed by atoms with Crippen molar-refractivity contribution in [3.8, 4) is 11.5 Å². The summed E-state index contributed by atoms with van der Waals surface area (Å²) in [5, 5.41) is 14.6. The zero-order valence-corrected chi connectivity index (χ0v) is 25.4. The molecule has 0 bridgehead atoms. The Morgan fingerprint density at radius 1 is 1.14 bits per heavy atom. The Morgan fingerprint density at radius 2 is 1.82 bits per heavy atom. The first-order valence-electron chi connectivity index (χ1n) is 13.7. The van der Waals surface area contributed by atoms with Crippen LogP contribution in [0, 0.1) is 17.6 Å². The topological polar surface area (TPSA) is 138 Å². The van der Waals surface area contributed by atoms with Crippen LogP contribution in [0.4, 0.5) is 25.0 Å². The summed E-state index contributed by atoms with van der Waals surface area (Å²) in [5.74, 6) is -2.10. The van der Waals surface area contributed by atoms with Crippen molar-refractivity contribution in [1.82, 2.24) is 9.21 Å². The SMILES string of the molecule is COc1ccc(S(=O)(=O)N(C)C[C@@H]2Oc3c(NC(=O)Nc4cc(F)ccc4F)cccc3C(=O)N([C@@H](C)CO)C[C@H]2C)cc1. The Balaban J connectivity index is 1.68. The molecule has 1 aliphatic heterocycles. The fraction of sp³-hybridized carbons (Fsp3) is 0.333. The van der Waals surface area contributed by atoms with Crippen LogP contribution in [-0.2, 0) is 10.0 Å². The van der Waals surface area contributed by atoms with Crippen LogP contribution in [-0.4, -0.2) is 80.7 Å².